The lowest BCUT2D eigenvalue weighted by Gasteiger charge is -2.17. The van der Waals surface area contributed by atoms with E-state index in [2.05, 4.69) is 15.9 Å². The van der Waals surface area contributed by atoms with Crippen LogP contribution in [0.4, 0.5) is 0 Å². The molecule has 0 aliphatic heterocycles. The number of ketones is 1. The van der Waals surface area contributed by atoms with Crippen LogP contribution in [0, 0.1) is 20.8 Å². The molecule has 0 aliphatic rings. The van der Waals surface area contributed by atoms with Gasteiger partial charge in [0.05, 0.1) is 12.7 Å². The lowest BCUT2D eigenvalue weighted by molar-refractivity contribution is 0.0985. The highest BCUT2D eigenvalue weighted by molar-refractivity contribution is 9.10. The van der Waals surface area contributed by atoms with Crippen molar-refractivity contribution in [2.75, 3.05) is 13.0 Å². The van der Waals surface area contributed by atoms with Gasteiger partial charge in [-0.1, -0.05) is 15.9 Å². The molecule has 0 aliphatic carbocycles. The molecule has 17 heavy (non-hydrogen) atoms. The van der Waals surface area contributed by atoms with Crippen LogP contribution in [0.3, 0.4) is 0 Å². The molecule has 0 bridgehead atoms. The average molecular weight is 320 g/mol. The normalized spacial score (nSPS) is 10.5. The van der Waals surface area contributed by atoms with Crippen molar-refractivity contribution in [3.63, 3.8) is 0 Å². The van der Waals surface area contributed by atoms with Crippen molar-refractivity contribution in [2.45, 2.75) is 27.2 Å². The lowest BCUT2D eigenvalue weighted by Crippen LogP contribution is -2.09. The maximum Gasteiger partial charge on any atom is 0.168 e. The van der Waals surface area contributed by atoms with Crippen LogP contribution in [0.2, 0.25) is 0 Å². The molecule has 0 spiro atoms. The Balaban J connectivity index is 3.52. The molecule has 0 unspecified atom stereocenters. The SMILES string of the molecule is COc1c(C)c(C)c(Br)c(C)c1C(=O)CCCl. The van der Waals surface area contributed by atoms with Crippen LogP contribution >= 0.6 is 27.5 Å². The molecule has 2 nitrogen and oxygen atoms in total. The quantitative estimate of drug-likeness (QED) is 0.614. The zero-order valence-corrected chi connectivity index (χ0v) is 12.8. The smallest absolute Gasteiger partial charge is 0.168 e. The topological polar surface area (TPSA) is 26.3 Å². The van der Waals surface area contributed by atoms with Crippen molar-refractivity contribution in [2.24, 2.45) is 0 Å². The van der Waals surface area contributed by atoms with Crippen molar-refractivity contribution in [3.8, 4) is 5.75 Å². The van der Waals surface area contributed by atoms with Crippen LogP contribution in [0.5, 0.6) is 5.75 Å². The van der Waals surface area contributed by atoms with E-state index in [1.54, 1.807) is 7.11 Å². The number of alkyl halides is 1. The van der Waals surface area contributed by atoms with E-state index in [-0.39, 0.29) is 5.78 Å². The van der Waals surface area contributed by atoms with Gasteiger partial charge < -0.3 is 4.74 Å². The van der Waals surface area contributed by atoms with E-state index in [0.29, 0.717) is 23.6 Å². The van der Waals surface area contributed by atoms with Gasteiger partial charge in [-0.15, -0.1) is 11.6 Å². The van der Waals surface area contributed by atoms with E-state index < -0.39 is 0 Å². The molecule has 0 amide bonds. The molecule has 0 N–H and O–H groups in total. The van der Waals surface area contributed by atoms with Gasteiger partial charge in [-0.3, -0.25) is 4.79 Å². The molecule has 1 rings (SSSR count). The summed E-state index contributed by atoms with van der Waals surface area (Å²) in [5, 5.41) is 0. The predicted molar refractivity (Wildman–Crippen MR) is 74.6 cm³/mol. The molecule has 0 fully saturated rings. The Hall–Kier alpha value is -0.540. The van der Waals surface area contributed by atoms with Gasteiger partial charge in [0.2, 0.25) is 0 Å². The number of methoxy groups -OCH3 is 1. The van der Waals surface area contributed by atoms with Gasteiger partial charge in [-0.05, 0) is 37.5 Å². The van der Waals surface area contributed by atoms with E-state index in [1.807, 2.05) is 20.8 Å². The van der Waals surface area contributed by atoms with Gasteiger partial charge in [0, 0.05) is 16.8 Å². The minimum absolute atomic E-state index is 0.0261. The fourth-order valence-electron chi connectivity index (χ4n) is 1.89. The van der Waals surface area contributed by atoms with Crippen LogP contribution in [-0.2, 0) is 0 Å². The van der Waals surface area contributed by atoms with Crippen molar-refractivity contribution >= 4 is 33.3 Å². The van der Waals surface area contributed by atoms with E-state index in [9.17, 15) is 4.79 Å². The number of hydrogen-bond acceptors (Lipinski definition) is 2. The predicted octanol–water partition coefficient (Wildman–Crippen LogP) is 4.19. The minimum atomic E-state index is 0.0261. The standard InChI is InChI=1S/C13H16BrClO2/c1-7-8(2)13(17-4)11(9(3)12(7)14)10(16)5-6-15/h5-6H2,1-4H3. The molecular weight excluding hydrogens is 303 g/mol. The van der Waals surface area contributed by atoms with E-state index >= 15 is 0 Å². The first-order valence-corrected chi connectivity index (χ1v) is 6.70. The van der Waals surface area contributed by atoms with E-state index in [4.69, 9.17) is 16.3 Å². The van der Waals surface area contributed by atoms with Crippen LogP contribution in [0.1, 0.15) is 33.5 Å². The van der Waals surface area contributed by atoms with Gasteiger partial charge in [0.15, 0.2) is 5.78 Å². The van der Waals surface area contributed by atoms with Crippen LogP contribution in [-0.4, -0.2) is 18.8 Å². The van der Waals surface area contributed by atoms with Crippen molar-refractivity contribution in [3.05, 3.63) is 26.7 Å². The van der Waals surface area contributed by atoms with Crippen LogP contribution in [0.15, 0.2) is 4.47 Å². The molecule has 1 aromatic rings. The number of carbonyl (C=O) groups excluding carboxylic acids is 1. The van der Waals surface area contributed by atoms with Gasteiger partial charge in [0.1, 0.15) is 5.75 Å². The molecule has 0 heterocycles. The first-order valence-electron chi connectivity index (χ1n) is 5.38. The summed E-state index contributed by atoms with van der Waals surface area (Å²) in [7, 11) is 1.59. The Morgan fingerprint density at radius 3 is 2.29 bits per heavy atom. The van der Waals surface area contributed by atoms with Gasteiger partial charge in [-0.25, -0.2) is 0 Å². The van der Waals surface area contributed by atoms with Gasteiger partial charge in [0.25, 0.3) is 0 Å². The Bertz CT molecular complexity index is 455. The molecular formula is C13H16BrClO2. The number of carbonyl (C=O) groups is 1. The van der Waals surface area contributed by atoms with Crippen molar-refractivity contribution in [1.29, 1.82) is 0 Å². The zero-order chi connectivity index (χ0) is 13.2. The third-order valence-electron chi connectivity index (χ3n) is 2.97. The summed E-state index contributed by atoms with van der Waals surface area (Å²) in [4.78, 5) is 12.1. The highest BCUT2D eigenvalue weighted by atomic mass is 79.9. The molecule has 0 aromatic heterocycles. The Morgan fingerprint density at radius 2 is 1.82 bits per heavy atom. The third kappa shape index (κ3) is 2.66. The maximum atomic E-state index is 12.1. The number of rotatable bonds is 4. The lowest BCUT2D eigenvalue weighted by atomic mass is 9.95. The Kier molecular flexibility index (Phi) is 5.02. The third-order valence-corrected chi connectivity index (χ3v) is 4.35. The average Bonchev–Trinajstić information content (AvgIpc) is 2.31. The molecule has 0 saturated heterocycles. The van der Waals surface area contributed by atoms with Crippen LogP contribution in [0.25, 0.3) is 0 Å². The van der Waals surface area contributed by atoms with Crippen LogP contribution < -0.4 is 4.74 Å². The summed E-state index contributed by atoms with van der Waals surface area (Å²) < 4.78 is 6.34. The first-order chi connectivity index (χ1) is 7.95. The molecule has 0 radical (unpaired) electrons. The molecule has 1 aromatic carbocycles. The fourth-order valence-corrected chi connectivity index (χ4v) is 2.55. The number of hydrogen-bond donors (Lipinski definition) is 0. The molecule has 4 heteroatoms. The molecule has 0 atom stereocenters. The second kappa shape index (κ2) is 5.87. The summed E-state index contributed by atoms with van der Waals surface area (Å²) in [6.07, 6.45) is 0.327. The largest absolute Gasteiger partial charge is 0.496 e. The fraction of sp³-hybridized carbons (Fsp3) is 0.462. The first kappa shape index (κ1) is 14.5. The Morgan fingerprint density at radius 1 is 1.24 bits per heavy atom. The highest BCUT2D eigenvalue weighted by Crippen LogP contribution is 2.36. The summed E-state index contributed by atoms with van der Waals surface area (Å²) >= 11 is 9.15. The van der Waals surface area contributed by atoms with E-state index in [1.165, 1.54) is 0 Å². The summed E-state index contributed by atoms with van der Waals surface area (Å²) in [5.74, 6) is 1.02. The minimum Gasteiger partial charge on any atom is -0.496 e. The van der Waals surface area contributed by atoms with Gasteiger partial charge >= 0.3 is 0 Å². The monoisotopic (exact) mass is 318 g/mol. The summed E-state index contributed by atoms with van der Waals surface area (Å²) in [5.41, 5.74) is 3.65. The second-order valence-electron chi connectivity index (χ2n) is 3.96. The second-order valence-corrected chi connectivity index (χ2v) is 5.13. The number of halogens is 2. The summed E-state index contributed by atoms with van der Waals surface area (Å²) in [6.45, 7) is 5.88. The van der Waals surface area contributed by atoms with E-state index in [0.717, 1.165) is 21.2 Å². The number of ether oxygens (including phenoxy) is 1. The summed E-state index contributed by atoms with van der Waals surface area (Å²) in [6, 6.07) is 0. The maximum absolute atomic E-state index is 12.1. The number of benzene rings is 1. The zero-order valence-electron chi connectivity index (χ0n) is 10.5. The van der Waals surface area contributed by atoms with Crippen molar-refractivity contribution < 1.29 is 9.53 Å². The Labute approximate surface area is 115 Å². The molecule has 0 saturated carbocycles. The highest BCUT2D eigenvalue weighted by Gasteiger charge is 2.21. The van der Waals surface area contributed by atoms with Crippen molar-refractivity contribution in [1.82, 2.24) is 0 Å². The van der Waals surface area contributed by atoms with Gasteiger partial charge in [-0.2, -0.15) is 0 Å². The molecule has 94 valence electrons. The number of Topliss-reactive ketones (excluding diaryl/α,β-unsaturated/α-hetero) is 1.